The van der Waals surface area contributed by atoms with Crippen LogP contribution in [0.2, 0.25) is 0 Å². The van der Waals surface area contributed by atoms with E-state index >= 15 is 0 Å². The van der Waals surface area contributed by atoms with Gasteiger partial charge in [-0.3, -0.25) is 14.5 Å². The highest BCUT2D eigenvalue weighted by atomic mass is 16.2. The van der Waals surface area contributed by atoms with Crippen LogP contribution < -0.4 is 4.90 Å². The number of likely N-dealkylation sites (N-methyl/N-ethyl adjacent to an activating group) is 2. The first-order valence-electron chi connectivity index (χ1n) is 5.11. The van der Waals surface area contributed by atoms with E-state index in [0.29, 0.717) is 11.3 Å². The minimum absolute atomic E-state index is 0.122. The van der Waals surface area contributed by atoms with Crippen LogP contribution in [0.25, 0.3) is 0 Å². The number of para-hydroxylation sites is 1. The van der Waals surface area contributed by atoms with Gasteiger partial charge in [0.2, 0.25) is 0 Å². The number of anilines is 1. The highest BCUT2D eigenvalue weighted by Crippen LogP contribution is 2.27. The van der Waals surface area contributed by atoms with Crippen LogP contribution in [0.5, 0.6) is 0 Å². The number of carbonyl (C=O) groups is 2. The number of carbonyl (C=O) groups excluding carboxylic acids is 2. The van der Waals surface area contributed by atoms with Gasteiger partial charge in [0.15, 0.2) is 11.8 Å². The van der Waals surface area contributed by atoms with Crippen LogP contribution in [0.1, 0.15) is 10.4 Å². The molecule has 0 spiro atoms. The number of ketones is 1. The molecule has 1 aromatic carbocycles. The van der Waals surface area contributed by atoms with Crippen molar-refractivity contribution in [3.63, 3.8) is 0 Å². The van der Waals surface area contributed by atoms with Gasteiger partial charge in [0.25, 0.3) is 5.91 Å². The van der Waals surface area contributed by atoms with E-state index < -0.39 is 6.04 Å². The zero-order chi connectivity index (χ0) is 11.9. The third-order valence-electron chi connectivity index (χ3n) is 2.86. The molecular formula is C12H14N2O2. The molecule has 1 aromatic rings. The summed E-state index contributed by atoms with van der Waals surface area (Å²) in [4.78, 5) is 27.3. The third-order valence-corrected chi connectivity index (χ3v) is 2.86. The molecule has 0 N–H and O–H groups in total. The Morgan fingerprint density at radius 2 is 1.81 bits per heavy atom. The van der Waals surface area contributed by atoms with Gasteiger partial charge in [-0.15, -0.1) is 0 Å². The van der Waals surface area contributed by atoms with Crippen LogP contribution in [-0.4, -0.2) is 43.8 Å². The molecule has 1 amide bonds. The van der Waals surface area contributed by atoms with E-state index in [2.05, 4.69) is 0 Å². The number of benzene rings is 1. The van der Waals surface area contributed by atoms with Gasteiger partial charge < -0.3 is 4.90 Å². The summed E-state index contributed by atoms with van der Waals surface area (Å²) in [6, 6.07) is 6.49. The molecule has 0 bridgehead atoms. The SMILES string of the molecule is CN1C(=O)[C@@H](N(C)C)C(=O)c2ccccc21. The van der Waals surface area contributed by atoms with Crippen molar-refractivity contribution >= 4 is 17.4 Å². The largest absolute Gasteiger partial charge is 0.313 e. The molecule has 1 atom stereocenters. The molecule has 4 heteroatoms. The predicted molar refractivity (Wildman–Crippen MR) is 61.7 cm³/mol. The Kier molecular flexibility index (Phi) is 2.52. The highest BCUT2D eigenvalue weighted by molar-refractivity contribution is 6.24. The summed E-state index contributed by atoms with van der Waals surface area (Å²) in [5.74, 6) is -0.294. The fourth-order valence-electron chi connectivity index (χ4n) is 1.99. The molecule has 84 valence electrons. The zero-order valence-electron chi connectivity index (χ0n) is 9.60. The molecule has 4 nitrogen and oxygen atoms in total. The maximum Gasteiger partial charge on any atom is 0.252 e. The quantitative estimate of drug-likeness (QED) is 0.654. The zero-order valence-corrected chi connectivity index (χ0v) is 9.60. The van der Waals surface area contributed by atoms with Crippen molar-refractivity contribution in [1.82, 2.24) is 4.90 Å². The van der Waals surface area contributed by atoms with Crippen molar-refractivity contribution in [3.05, 3.63) is 29.8 Å². The average molecular weight is 218 g/mol. The molecule has 2 rings (SSSR count). The standard InChI is InChI=1S/C12H14N2O2/c1-13(2)10-11(15)8-6-4-5-7-9(8)14(3)12(10)16/h4-7,10H,1-3H3/t10-/m0/s1. The molecule has 0 saturated heterocycles. The van der Waals surface area contributed by atoms with Crippen LogP contribution in [0.3, 0.4) is 0 Å². The Labute approximate surface area is 94.5 Å². The van der Waals surface area contributed by atoms with E-state index in [-0.39, 0.29) is 11.7 Å². The molecule has 16 heavy (non-hydrogen) atoms. The molecule has 0 radical (unpaired) electrons. The number of hydrogen-bond donors (Lipinski definition) is 0. The van der Waals surface area contributed by atoms with Gasteiger partial charge >= 0.3 is 0 Å². The number of Topliss-reactive ketones (excluding diaryl/α,β-unsaturated/α-hetero) is 1. The molecule has 0 aromatic heterocycles. The second-order valence-corrected chi connectivity index (χ2v) is 4.14. The first kappa shape index (κ1) is 10.8. The van der Waals surface area contributed by atoms with Crippen LogP contribution in [-0.2, 0) is 4.79 Å². The third kappa shape index (κ3) is 1.42. The van der Waals surface area contributed by atoms with Gasteiger partial charge in [-0.1, -0.05) is 12.1 Å². The van der Waals surface area contributed by atoms with Gasteiger partial charge in [0.05, 0.1) is 5.69 Å². The summed E-state index contributed by atoms with van der Waals surface area (Å²) < 4.78 is 0. The second kappa shape index (κ2) is 3.72. The Hall–Kier alpha value is -1.68. The topological polar surface area (TPSA) is 40.6 Å². The summed E-state index contributed by atoms with van der Waals surface area (Å²) >= 11 is 0. The Bertz CT molecular complexity index is 454. The lowest BCUT2D eigenvalue weighted by molar-refractivity contribution is -0.121. The molecule has 1 heterocycles. The van der Waals surface area contributed by atoms with Crippen molar-refractivity contribution in [2.75, 3.05) is 26.0 Å². The van der Waals surface area contributed by atoms with Crippen molar-refractivity contribution in [2.24, 2.45) is 0 Å². The van der Waals surface area contributed by atoms with Gasteiger partial charge in [0, 0.05) is 12.6 Å². The lowest BCUT2D eigenvalue weighted by atomic mass is 9.95. The monoisotopic (exact) mass is 218 g/mol. The summed E-state index contributed by atoms with van der Waals surface area (Å²) in [6.07, 6.45) is 0. The summed E-state index contributed by atoms with van der Waals surface area (Å²) in [5, 5.41) is 0. The van der Waals surface area contributed by atoms with Crippen molar-refractivity contribution < 1.29 is 9.59 Å². The molecule has 1 aliphatic rings. The second-order valence-electron chi connectivity index (χ2n) is 4.14. The Morgan fingerprint density at radius 3 is 2.44 bits per heavy atom. The number of rotatable bonds is 1. The van der Waals surface area contributed by atoms with E-state index in [0.717, 1.165) is 0 Å². The Balaban J connectivity index is 2.56. The van der Waals surface area contributed by atoms with E-state index in [1.54, 1.807) is 43.1 Å². The van der Waals surface area contributed by atoms with E-state index in [4.69, 9.17) is 0 Å². The number of hydrogen-bond acceptors (Lipinski definition) is 3. The van der Waals surface area contributed by atoms with Crippen molar-refractivity contribution in [2.45, 2.75) is 6.04 Å². The molecule has 0 unspecified atom stereocenters. The summed E-state index contributed by atoms with van der Waals surface area (Å²) in [5.41, 5.74) is 1.30. The minimum atomic E-state index is -0.695. The van der Waals surface area contributed by atoms with E-state index in [1.165, 1.54) is 0 Å². The van der Waals surface area contributed by atoms with Crippen LogP contribution in [0.4, 0.5) is 5.69 Å². The lowest BCUT2D eigenvalue weighted by Gasteiger charge is -2.33. The molecular weight excluding hydrogens is 204 g/mol. The average Bonchev–Trinajstić information content (AvgIpc) is 2.26. The Morgan fingerprint density at radius 1 is 1.19 bits per heavy atom. The normalized spacial score (nSPS) is 20.2. The minimum Gasteiger partial charge on any atom is -0.313 e. The molecule has 1 aliphatic heterocycles. The maximum absolute atomic E-state index is 12.1. The molecule has 0 fully saturated rings. The fourth-order valence-corrected chi connectivity index (χ4v) is 1.99. The molecule has 0 aliphatic carbocycles. The van der Waals surface area contributed by atoms with Crippen molar-refractivity contribution in [3.8, 4) is 0 Å². The van der Waals surface area contributed by atoms with Gasteiger partial charge in [-0.25, -0.2) is 0 Å². The smallest absolute Gasteiger partial charge is 0.252 e. The number of fused-ring (bicyclic) bond motifs is 1. The lowest BCUT2D eigenvalue weighted by Crippen LogP contribution is -2.53. The molecule has 0 saturated carbocycles. The van der Waals surface area contributed by atoms with Crippen LogP contribution >= 0.6 is 0 Å². The summed E-state index contributed by atoms with van der Waals surface area (Å²) in [7, 11) is 5.18. The predicted octanol–water partition coefficient (Wildman–Crippen LogP) is 0.776. The van der Waals surface area contributed by atoms with Crippen LogP contribution in [0.15, 0.2) is 24.3 Å². The highest BCUT2D eigenvalue weighted by Gasteiger charge is 2.38. The van der Waals surface area contributed by atoms with Crippen molar-refractivity contribution in [1.29, 1.82) is 0 Å². The van der Waals surface area contributed by atoms with E-state index in [9.17, 15) is 9.59 Å². The first-order chi connectivity index (χ1) is 7.54. The number of nitrogens with zero attached hydrogens (tertiary/aromatic N) is 2. The van der Waals surface area contributed by atoms with Gasteiger partial charge in [0.1, 0.15) is 0 Å². The van der Waals surface area contributed by atoms with E-state index in [1.807, 2.05) is 12.1 Å². The van der Waals surface area contributed by atoms with Gasteiger partial charge in [-0.2, -0.15) is 0 Å². The maximum atomic E-state index is 12.1. The van der Waals surface area contributed by atoms with Crippen LogP contribution in [0, 0.1) is 0 Å². The fraction of sp³-hybridized carbons (Fsp3) is 0.333. The first-order valence-corrected chi connectivity index (χ1v) is 5.11. The summed E-state index contributed by atoms with van der Waals surface area (Å²) in [6.45, 7) is 0. The van der Waals surface area contributed by atoms with Gasteiger partial charge in [-0.05, 0) is 26.2 Å². The number of amides is 1.